The van der Waals surface area contributed by atoms with Crippen LogP contribution in [0.2, 0.25) is 0 Å². The van der Waals surface area contributed by atoms with E-state index in [4.69, 9.17) is 4.74 Å². The molecule has 1 atom stereocenters. The van der Waals surface area contributed by atoms with Gasteiger partial charge < -0.3 is 20.1 Å². The molecule has 1 unspecified atom stereocenters. The molecule has 0 aliphatic heterocycles. The molecule has 1 aliphatic rings. The van der Waals surface area contributed by atoms with E-state index in [1.54, 1.807) is 18.9 Å². The van der Waals surface area contributed by atoms with Gasteiger partial charge in [-0.25, -0.2) is 4.79 Å². The predicted octanol–water partition coefficient (Wildman–Crippen LogP) is 3.24. The maximum absolute atomic E-state index is 12.0. The third-order valence-electron chi connectivity index (χ3n) is 3.94. The molecule has 1 aromatic carbocycles. The van der Waals surface area contributed by atoms with Gasteiger partial charge in [-0.2, -0.15) is 0 Å². The second-order valence-electron chi connectivity index (χ2n) is 6.04. The number of amides is 2. The van der Waals surface area contributed by atoms with Crippen LogP contribution in [0, 0.1) is 0 Å². The summed E-state index contributed by atoms with van der Waals surface area (Å²) in [5.41, 5.74) is 0.743. The summed E-state index contributed by atoms with van der Waals surface area (Å²) in [6.07, 6.45) is 5.26. The van der Waals surface area contributed by atoms with Crippen molar-refractivity contribution < 1.29 is 14.6 Å². The minimum atomic E-state index is -0.401. The first kappa shape index (κ1) is 16.6. The van der Waals surface area contributed by atoms with Crippen molar-refractivity contribution in [3.05, 3.63) is 24.3 Å². The van der Waals surface area contributed by atoms with Gasteiger partial charge in [0.15, 0.2) is 0 Å². The van der Waals surface area contributed by atoms with Crippen LogP contribution in [0.1, 0.15) is 39.0 Å². The van der Waals surface area contributed by atoms with Crippen molar-refractivity contribution in [1.82, 2.24) is 4.90 Å². The third kappa shape index (κ3) is 5.22. The SMILES string of the molecule is CC(O)CCN(C)C(=O)Nc1ccc(OC2CCCC2)cc1. The van der Waals surface area contributed by atoms with E-state index in [1.807, 2.05) is 24.3 Å². The third-order valence-corrected chi connectivity index (χ3v) is 3.94. The van der Waals surface area contributed by atoms with Gasteiger partial charge in [0.25, 0.3) is 0 Å². The van der Waals surface area contributed by atoms with E-state index in [1.165, 1.54) is 12.8 Å². The Labute approximate surface area is 132 Å². The first-order chi connectivity index (χ1) is 10.5. The second kappa shape index (κ2) is 8.03. The molecule has 1 aliphatic carbocycles. The Hall–Kier alpha value is -1.75. The fraction of sp³-hybridized carbons (Fsp3) is 0.588. The van der Waals surface area contributed by atoms with Crippen molar-refractivity contribution in [2.45, 2.75) is 51.2 Å². The van der Waals surface area contributed by atoms with Crippen LogP contribution in [0.15, 0.2) is 24.3 Å². The number of ether oxygens (including phenoxy) is 1. The molecule has 0 saturated heterocycles. The highest BCUT2D eigenvalue weighted by atomic mass is 16.5. The summed E-state index contributed by atoms with van der Waals surface area (Å²) in [4.78, 5) is 13.6. The number of hydrogen-bond acceptors (Lipinski definition) is 3. The predicted molar refractivity (Wildman–Crippen MR) is 87.3 cm³/mol. The zero-order valence-corrected chi connectivity index (χ0v) is 13.4. The van der Waals surface area contributed by atoms with Crippen LogP contribution in [0.25, 0.3) is 0 Å². The monoisotopic (exact) mass is 306 g/mol. The van der Waals surface area contributed by atoms with Gasteiger partial charge in [0, 0.05) is 19.3 Å². The fourth-order valence-corrected chi connectivity index (χ4v) is 2.52. The van der Waals surface area contributed by atoms with Gasteiger partial charge in [0.1, 0.15) is 5.75 Å². The van der Waals surface area contributed by atoms with Crippen molar-refractivity contribution >= 4 is 11.7 Å². The first-order valence-corrected chi connectivity index (χ1v) is 8.01. The summed E-state index contributed by atoms with van der Waals surface area (Å²) in [6, 6.07) is 7.31. The number of carbonyl (C=O) groups excluding carboxylic acids is 1. The van der Waals surface area contributed by atoms with E-state index >= 15 is 0 Å². The van der Waals surface area contributed by atoms with Gasteiger partial charge in [-0.05, 0) is 63.3 Å². The van der Waals surface area contributed by atoms with Crippen LogP contribution in [0.3, 0.4) is 0 Å². The van der Waals surface area contributed by atoms with Crippen molar-refractivity contribution in [3.8, 4) is 5.75 Å². The number of hydrogen-bond donors (Lipinski definition) is 2. The Kier molecular flexibility index (Phi) is 6.07. The molecule has 2 amide bonds. The molecular formula is C17H26N2O3. The number of urea groups is 1. The molecule has 22 heavy (non-hydrogen) atoms. The van der Waals surface area contributed by atoms with E-state index < -0.39 is 6.10 Å². The van der Waals surface area contributed by atoms with E-state index in [-0.39, 0.29) is 6.03 Å². The van der Waals surface area contributed by atoms with Crippen LogP contribution in [0.4, 0.5) is 10.5 Å². The molecule has 122 valence electrons. The quantitative estimate of drug-likeness (QED) is 0.848. The summed E-state index contributed by atoms with van der Waals surface area (Å²) in [5, 5.41) is 12.1. The van der Waals surface area contributed by atoms with Gasteiger partial charge in [-0.15, -0.1) is 0 Å². The Morgan fingerprint density at radius 2 is 2.00 bits per heavy atom. The number of nitrogens with one attached hydrogen (secondary N) is 1. The molecule has 1 saturated carbocycles. The lowest BCUT2D eigenvalue weighted by Crippen LogP contribution is -2.33. The van der Waals surface area contributed by atoms with E-state index in [0.29, 0.717) is 19.1 Å². The molecule has 2 N–H and O–H groups in total. The minimum Gasteiger partial charge on any atom is -0.490 e. The van der Waals surface area contributed by atoms with E-state index in [9.17, 15) is 9.90 Å². The van der Waals surface area contributed by atoms with Crippen LogP contribution in [-0.4, -0.2) is 41.8 Å². The second-order valence-corrected chi connectivity index (χ2v) is 6.04. The standard InChI is InChI=1S/C17H26N2O3/c1-13(20)11-12-19(2)17(21)18-14-7-9-16(10-8-14)22-15-5-3-4-6-15/h7-10,13,15,20H,3-6,11-12H2,1-2H3,(H,18,21). The normalized spacial score (nSPS) is 16.3. The number of anilines is 1. The van der Waals surface area contributed by atoms with Gasteiger partial charge >= 0.3 is 6.03 Å². The van der Waals surface area contributed by atoms with Crippen LogP contribution >= 0.6 is 0 Å². The molecule has 1 fully saturated rings. The lowest BCUT2D eigenvalue weighted by Gasteiger charge is -2.19. The van der Waals surface area contributed by atoms with Crippen LogP contribution < -0.4 is 10.1 Å². The summed E-state index contributed by atoms with van der Waals surface area (Å²) < 4.78 is 5.90. The topological polar surface area (TPSA) is 61.8 Å². The lowest BCUT2D eigenvalue weighted by molar-refractivity contribution is 0.167. The summed E-state index contributed by atoms with van der Waals surface area (Å²) in [5.74, 6) is 0.854. The summed E-state index contributed by atoms with van der Waals surface area (Å²) in [6.45, 7) is 2.24. The van der Waals surface area contributed by atoms with Crippen LogP contribution in [0.5, 0.6) is 5.75 Å². The summed E-state index contributed by atoms with van der Waals surface area (Å²) >= 11 is 0. The average molecular weight is 306 g/mol. The number of nitrogens with zero attached hydrogens (tertiary/aromatic N) is 1. The minimum absolute atomic E-state index is 0.176. The highest BCUT2D eigenvalue weighted by Crippen LogP contribution is 2.25. The zero-order valence-electron chi connectivity index (χ0n) is 13.4. The molecule has 0 aromatic heterocycles. The molecular weight excluding hydrogens is 280 g/mol. The van der Waals surface area contributed by atoms with Crippen molar-refractivity contribution in [2.75, 3.05) is 18.9 Å². The van der Waals surface area contributed by atoms with Gasteiger partial charge in [0.05, 0.1) is 12.2 Å². The molecule has 5 nitrogen and oxygen atoms in total. The molecule has 0 heterocycles. The van der Waals surface area contributed by atoms with Crippen molar-refractivity contribution in [2.24, 2.45) is 0 Å². The number of carbonyl (C=O) groups is 1. The van der Waals surface area contributed by atoms with Crippen molar-refractivity contribution in [3.63, 3.8) is 0 Å². The largest absolute Gasteiger partial charge is 0.490 e. The van der Waals surface area contributed by atoms with Gasteiger partial charge in [-0.1, -0.05) is 0 Å². The van der Waals surface area contributed by atoms with Crippen molar-refractivity contribution in [1.29, 1.82) is 0 Å². The van der Waals surface area contributed by atoms with Gasteiger partial charge in [0.2, 0.25) is 0 Å². The highest BCUT2D eigenvalue weighted by Gasteiger charge is 2.16. The van der Waals surface area contributed by atoms with Gasteiger partial charge in [-0.3, -0.25) is 0 Å². The summed E-state index contributed by atoms with van der Waals surface area (Å²) in [7, 11) is 1.72. The lowest BCUT2D eigenvalue weighted by atomic mass is 10.2. The average Bonchev–Trinajstić information content (AvgIpc) is 2.99. The van der Waals surface area contributed by atoms with E-state index in [0.717, 1.165) is 24.3 Å². The smallest absolute Gasteiger partial charge is 0.321 e. The zero-order chi connectivity index (χ0) is 15.9. The number of aliphatic hydroxyl groups is 1. The molecule has 1 aromatic rings. The van der Waals surface area contributed by atoms with Crippen LogP contribution in [-0.2, 0) is 0 Å². The van der Waals surface area contributed by atoms with E-state index in [2.05, 4.69) is 5.32 Å². The number of benzene rings is 1. The Morgan fingerprint density at radius 1 is 1.36 bits per heavy atom. The Morgan fingerprint density at radius 3 is 2.59 bits per heavy atom. The Balaban J connectivity index is 1.81. The molecule has 0 bridgehead atoms. The molecule has 0 radical (unpaired) electrons. The Bertz CT molecular complexity index is 467. The molecule has 2 rings (SSSR count). The highest BCUT2D eigenvalue weighted by molar-refractivity contribution is 5.89. The number of rotatable bonds is 6. The maximum atomic E-state index is 12.0. The number of aliphatic hydroxyl groups excluding tert-OH is 1. The maximum Gasteiger partial charge on any atom is 0.321 e. The molecule has 5 heteroatoms. The molecule has 0 spiro atoms. The fourth-order valence-electron chi connectivity index (χ4n) is 2.52. The first-order valence-electron chi connectivity index (χ1n) is 8.01.